The van der Waals surface area contributed by atoms with Crippen LogP contribution in [0.15, 0.2) is 10.5 Å². The highest BCUT2D eigenvalue weighted by molar-refractivity contribution is 7.85. The van der Waals surface area contributed by atoms with Crippen molar-refractivity contribution >= 4 is 56.6 Å². The first-order chi connectivity index (χ1) is 16.1. The number of rotatable bonds is 9. The number of hydrogen-bond acceptors (Lipinski definition) is 13. The van der Waals surface area contributed by atoms with Crippen LogP contribution in [0, 0.1) is 11.8 Å². The summed E-state index contributed by atoms with van der Waals surface area (Å²) in [6, 6.07) is 0. The highest BCUT2D eigenvalue weighted by atomic mass is 32.2. The number of aliphatic carboxylic acids is 1. The Labute approximate surface area is 197 Å². The van der Waals surface area contributed by atoms with Crippen LogP contribution < -0.4 is 5.73 Å². The molecule has 1 aromatic rings. The van der Waals surface area contributed by atoms with Crippen molar-refractivity contribution in [2.45, 2.75) is 30.0 Å². The molecular weight excluding hydrogens is 496 g/mol. The van der Waals surface area contributed by atoms with E-state index in [0.29, 0.717) is 0 Å². The minimum atomic E-state index is -2.24. The average Bonchev–Trinajstić information content (AvgIpc) is 3.35. The summed E-state index contributed by atoms with van der Waals surface area (Å²) in [6.07, 6.45) is -2.03. The zero-order chi connectivity index (χ0) is 24.8. The maximum absolute atomic E-state index is 13.1. The van der Waals surface area contributed by atoms with E-state index in [2.05, 4.69) is 10.1 Å². The summed E-state index contributed by atoms with van der Waals surface area (Å²) in [6.45, 7) is -1.02. The van der Waals surface area contributed by atoms with Gasteiger partial charge >= 0.3 is 11.9 Å². The average molecular weight is 517 g/mol. The molecule has 5 N–H and O–H groups in total. The number of Topliss-reactive ketones (excluding diaryl/α,β-unsaturated/α-hetero) is 1. The number of aromatic nitrogens is 1. The summed E-state index contributed by atoms with van der Waals surface area (Å²) < 4.78 is 17.9. The quantitative estimate of drug-likeness (QED) is 0.117. The minimum Gasteiger partial charge on any atom is -0.477 e. The number of carboxylic acids is 1. The molecule has 1 amide bonds. The SMILES string of the molecule is Nc1nc(/C(=N/OC[C@@H](O)CO)C(=O)C[C@@H]2C(=O)N3[C@@H]2[S@@](=O)C[C@@H]2CC(=O)O[C@@]23C(=O)O)cs1. The molecule has 16 heteroatoms. The van der Waals surface area contributed by atoms with Crippen LogP contribution in [0.1, 0.15) is 18.5 Å². The summed E-state index contributed by atoms with van der Waals surface area (Å²) in [5, 5.41) is 32.1. The molecule has 3 aliphatic heterocycles. The van der Waals surface area contributed by atoms with E-state index in [1.807, 2.05) is 0 Å². The summed E-state index contributed by atoms with van der Waals surface area (Å²) in [5.41, 5.74) is 3.11. The van der Waals surface area contributed by atoms with E-state index < -0.39 is 83.1 Å². The maximum atomic E-state index is 13.1. The molecule has 34 heavy (non-hydrogen) atoms. The highest BCUT2D eigenvalue weighted by Gasteiger charge is 2.72. The van der Waals surface area contributed by atoms with E-state index in [-0.39, 0.29) is 28.7 Å². The molecule has 0 unspecified atom stereocenters. The first-order valence-corrected chi connectivity index (χ1v) is 12.2. The van der Waals surface area contributed by atoms with Gasteiger partial charge in [-0.15, -0.1) is 11.3 Å². The minimum absolute atomic E-state index is 0.0474. The van der Waals surface area contributed by atoms with Gasteiger partial charge in [-0.25, -0.2) is 9.78 Å². The summed E-state index contributed by atoms with van der Waals surface area (Å²) in [7, 11) is -1.74. The first kappa shape index (κ1) is 24.2. The zero-order valence-electron chi connectivity index (χ0n) is 17.4. The topological polar surface area (TPSA) is 219 Å². The number of fused-ring (bicyclic) bond motifs is 3. The number of nitrogen functional groups attached to an aromatic ring is 1. The third kappa shape index (κ3) is 3.85. The van der Waals surface area contributed by atoms with Crippen LogP contribution >= 0.6 is 11.3 Å². The molecule has 3 aliphatic rings. The van der Waals surface area contributed by atoms with E-state index >= 15 is 0 Å². The van der Waals surface area contributed by atoms with Gasteiger partial charge in [0.15, 0.2) is 16.6 Å². The number of ether oxygens (including phenoxy) is 1. The molecule has 184 valence electrons. The molecule has 3 saturated heterocycles. The second-order valence-electron chi connectivity index (χ2n) is 7.90. The smallest absolute Gasteiger partial charge is 0.370 e. The van der Waals surface area contributed by atoms with E-state index in [9.17, 15) is 33.6 Å². The lowest BCUT2D eigenvalue weighted by molar-refractivity contribution is -0.220. The van der Waals surface area contributed by atoms with Crippen molar-refractivity contribution in [2.24, 2.45) is 17.0 Å². The molecule has 3 fully saturated rings. The van der Waals surface area contributed by atoms with Crippen LogP contribution in [0.2, 0.25) is 0 Å². The van der Waals surface area contributed by atoms with Crippen LogP contribution in [0.3, 0.4) is 0 Å². The number of amides is 1. The van der Waals surface area contributed by atoms with Crippen molar-refractivity contribution in [1.82, 2.24) is 9.88 Å². The fraction of sp³-hybridized carbons (Fsp3) is 0.556. The Morgan fingerprint density at radius 2 is 2.21 bits per heavy atom. The fourth-order valence-corrected chi connectivity index (χ4v) is 6.77. The number of thiazole rings is 1. The third-order valence-electron chi connectivity index (χ3n) is 5.76. The Morgan fingerprint density at radius 1 is 1.47 bits per heavy atom. The number of carbonyl (C=O) groups is 4. The van der Waals surface area contributed by atoms with Crippen LogP contribution in [0.4, 0.5) is 5.13 Å². The van der Waals surface area contributed by atoms with Gasteiger partial charge in [-0.2, -0.15) is 0 Å². The number of carboxylic acid groups (broad SMARTS) is 1. The van der Waals surface area contributed by atoms with Crippen LogP contribution in [-0.2, 0) is 39.6 Å². The van der Waals surface area contributed by atoms with Gasteiger partial charge in [0.2, 0.25) is 5.91 Å². The van der Waals surface area contributed by atoms with E-state index in [1.54, 1.807) is 0 Å². The van der Waals surface area contributed by atoms with Crippen molar-refractivity contribution in [3.05, 3.63) is 11.1 Å². The molecule has 0 aliphatic carbocycles. The Bertz CT molecular complexity index is 1110. The van der Waals surface area contributed by atoms with Gasteiger partial charge in [0.1, 0.15) is 23.8 Å². The molecule has 4 rings (SSSR count). The molecule has 0 aromatic carbocycles. The molecule has 4 heterocycles. The Balaban J connectivity index is 1.57. The number of anilines is 1. The van der Waals surface area contributed by atoms with E-state index in [0.717, 1.165) is 16.2 Å². The number of β-lactam (4-membered cyclic amide) rings is 1. The summed E-state index contributed by atoms with van der Waals surface area (Å²) in [4.78, 5) is 59.6. The standard InChI is InChI=1S/C18H20N4O10S2/c19-17-20-10(5-33-17)13(21-31-4-8(24)3-23)11(25)2-9-14(27)22-15(9)34(30)6-7-1-12(26)32-18(7,22)16(28)29/h5,7-9,15,23-24H,1-4,6H2,(H2,19,20)(H,28,29)/b21-13-/t7-,8-,9+,15+,18+,34-/m0/s1. The molecule has 6 atom stereocenters. The van der Waals surface area contributed by atoms with Crippen LogP contribution in [0.5, 0.6) is 0 Å². The van der Waals surface area contributed by atoms with E-state index in [1.165, 1.54) is 5.38 Å². The predicted molar refractivity (Wildman–Crippen MR) is 113 cm³/mol. The lowest BCUT2D eigenvalue weighted by Gasteiger charge is -2.56. The summed E-state index contributed by atoms with van der Waals surface area (Å²) in [5.74, 6) is -6.15. The van der Waals surface area contributed by atoms with Gasteiger partial charge in [-0.3, -0.25) is 23.5 Å². The van der Waals surface area contributed by atoms with Crippen molar-refractivity contribution < 1.29 is 48.3 Å². The maximum Gasteiger partial charge on any atom is 0.370 e. The molecule has 0 radical (unpaired) electrons. The Hall–Kier alpha value is -2.95. The number of nitrogens with zero attached hydrogens (tertiary/aromatic N) is 3. The molecule has 0 saturated carbocycles. The largest absolute Gasteiger partial charge is 0.477 e. The number of aliphatic hydroxyl groups excluding tert-OH is 2. The van der Waals surface area contributed by atoms with Gasteiger partial charge in [0.25, 0.3) is 5.72 Å². The van der Waals surface area contributed by atoms with Crippen molar-refractivity contribution in [1.29, 1.82) is 0 Å². The monoisotopic (exact) mass is 516 g/mol. The second-order valence-corrected chi connectivity index (χ2v) is 10.4. The number of aliphatic hydroxyl groups is 2. The van der Waals surface area contributed by atoms with Crippen LogP contribution in [-0.4, -0.2) is 94.9 Å². The Kier molecular flexibility index (Phi) is 6.41. The van der Waals surface area contributed by atoms with Crippen molar-refractivity contribution in [3.8, 4) is 0 Å². The highest BCUT2D eigenvalue weighted by Crippen LogP contribution is 2.50. The molecule has 14 nitrogen and oxygen atoms in total. The van der Waals surface area contributed by atoms with Gasteiger partial charge in [0.05, 0.1) is 24.9 Å². The number of oxime groups is 1. The zero-order valence-corrected chi connectivity index (χ0v) is 19.0. The fourth-order valence-electron chi connectivity index (χ4n) is 4.21. The number of ketones is 1. The van der Waals surface area contributed by atoms with Gasteiger partial charge in [-0.1, -0.05) is 5.16 Å². The molecule has 0 spiro atoms. The lowest BCUT2D eigenvalue weighted by Crippen LogP contribution is -2.78. The van der Waals surface area contributed by atoms with E-state index in [4.69, 9.17) is 20.4 Å². The van der Waals surface area contributed by atoms with Crippen LogP contribution in [0.25, 0.3) is 0 Å². The molecule has 1 aromatic heterocycles. The third-order valence-corrected chi connectivity index (χ3v) is 8.24. The Morgan fingerprint density at radius 3 is 2.82 bits per heavy atom. The number of esters is 1. The van der Waals surface area contributed by atoms with Crippen molar-refractivity contribution in [3.63, 3.8) is 0 Å². The number of nitrogens with two attached hydrogens (primary N) is 1. The first-order valence-electron chi connectivity index (χ1n) is 9.99. The normalized spacial score (nSPS) is 31.2. The lowest BCUT2D eigenvalue weighted by atomic mass is 9.84. The predicted octanol–water partition coefficient (Wildman–Crippen LogP) is -2.35. The van der Waals surface area contributed by atoms with Gasteiger partial charge in [0, 0.05) is 28.4 Å². The number of hydrogen-bond donors (Lipinski definition) is 4. The molecule has 0 bridgehead atoms. The second kappa shape index (κ2) is 9.01. The summed E-state index contributed by atoms with van der Waals surface area (Å²) >= 11 is 1.02. The van der Waals surface area contributed by atoms with Gasteiger partial charge < -0.3 is 30.6 Å². The van der Waals surface area contributed by atoms with Crippen molar-refractivity contribution in [2.75, 3.05) is 24.7 Å². The van der Waals surface area contributed by atoms with Gasteiger partial charge in [-0.05, 0) is 0 Å². The molecular formula is C18H20N4O10S2. The number of carbonyl (C=O) groups excluding carboxylic acids is 3.